The van der Waals surface area contributed by atoms with Crippen molar-refractivity contribution in [2.45, 2.75) is 0 Å². The molecule has 0 aromatic heterocycles. The van der Waals surface area contributed by atoms with Gasteiger partial charge in [0, 0.05) is 0 Å². The zero-order chi connectivity index (χ0) is 46.7. The Morgan fingerprint density at radius 2 is 0.567 bits per heavy atom. The molecule has 0 N–H and O–H groups in total. The summed E-state index contributed by atoms with van der Waals surface area (Å²) in [6.07, 6.45) is 5.04. The van der Waals surface area contributed by atoms with Crippen molar-refractivity contribution in [3.63, 3.8) is 0 Å². The Morgan fingerprint density at radius 3 is 0.716 bits per heavy atom. The van der Waals surface area contributed by atoms with E-state index >= 15 is 0 Å². The van der Waals surface area contributed by atoms with E-state index in [1.54, 1.807) is 12.1 Å². The zero-order valence-electron chi connectivity index (χ0n) is 36.9. The van der Waals surface area contributed by atoms with Crippen LogP contribution in [0.25, 0.3) is 0 Å². The van der Waals surface area contributed by atoms with Crippen molar-refractivity contribution in [2.24, 2.45) is 5.11 Å². The Labute approximate surface area is 421 Å². The van der Waals surface area contributed by atoms with Crippen LogP contribution in [-0.4, -0.2) is 24.6 Å². The smallest absolute Gasteiger partial charge is 0.0620 e. The molecule has 0 saturated carbocycles. The van der Waals surface area contributed by atoms with Crippen LogP contribution in [0.2, 0.25) is 0 Å². The van der Waals surface area contributed by atoms with E-state index in [2.05, 4.69) is 264 Å². The van der Waals surface area contributed by atoms with E-state index in [1.807, 2.05) is 0 Å². The summed E-state index contributed by atoms with van der Waals surface area (Å²) >= 11 is 7.59. The van der Waals surface area contributed by atoms with Gasteiger partial charge in [-0.1, -0.05) is 146 Å². The van der Waals surface area contributed by atoms with Crippen LogP contribution in [-0.2, 0) is 16.3 Å². The SMILES string of the molecule is N#CC(C#N)=C(Cl)N=[N+]=[W][Br].c1ccc([PH+](CC[PH+](c2ccccc2)c2ccccc2)c2ccccc2)cc1.c1ccc([PH+](CC[PH+](c2ccccc2)c2ccccc2)c2ccccc2)cc1. The normalized spacial score (nSPS) is 10.3. The average Bonchev–Trinajstić information content (AvgIpc) is 3.41. The molecule has 0 atom stereocenters. The number of benzene rings is 8. The van der Waals surface area contributed by atoms with Gasteiger partial charge >= 0.3 is 83.0 Å². The molecule has 8 rings (SSSR count). The number of hydrogen-bond donors (Lipinski definition) is 0. The average molecular weight is 1200 g/mol. The van der Waals surface area contributed by atoms with Gasteiger partial charge < -0.3 is 0 Å². The fraction of sp³-hybridized carbons (Fsp3) is 0.0714. The third-order valence-corrected chi connectivity index (χ3v) is 24.9. The maximum Gasteiger partial charge on any atom is 0.101 e. The van der Waals surface area contributed by atoms with Gasteiger partial charge in [-0.3, -0.25) is 0 Å². The van der Waals surface area contributed by atoms with E-state index in [-0.39, 0.29) is 10.7 Å². The minimum atomic E-state index is -0.948. The molecule has 331 valence electrons. The van der Waals surface area contributed by atoms with Crippen LogP contribution >= 0.6 is 56.6 Å². The fourth-order valence-electron chi connectivity index (χ4n) is 7.65. The Hall–Kier alpha value is -4.83. The van der Waals surface area contributed by atoms with Crippen LogP contribution in [0.15, 0.2) is 258 Å². The molecule has 0 aliphatic heterocycles. The van der Waals surface area contributed by atoms with Gasteiger partial charge in [0.1, 0.15) is 24.6 Å². The van der Waals surface area contributed by atoms with Gasteiger partial charge in [-0.15, -0.1) is 0 Å². The minimum absolute atomic E-state index is 0.144. The third-order valence-electron chi connectivity index (χ3n) is 10.8. The van der Waals surface area contributed by atoms with Gasteiger partial charge in [0.15, 0.2) is 0 Å². The molecule has 0 spiro atoms. The van der Waals surface area contributed by atoms with Gasteiger partial charge in [-0.2, -0.15) is 0 Å². The molecule has 0 heterocycles. The number of rotatable bonds is 15. The van der Waals surface area contributed by atoms with E-state index < -0.39 is 48.0 Å². The van der Waals surface area contributed by atoms with Crippen molar-refractivity contribution in [2.75, 3.05) is 24.6 Å². The summed E-state index contributed by atoms with van der Waals surface area (Å²) in [5, 5.41) is 32.0. The number of nitriles is 2. The molecule has 0 amide bonds. The molecule has 8 aromatic carbocycles. The first kappa shape index (κ1) is 51.6. The summed E-state index contributed by atoms with van der Waals surface area (Å²) in [5.41, 5.74) is -0.213. The monoisotopic (exact) mass is 1200 g/mol. The molecule has 0 aliphatic rings. The van der Waals surface area contributed by atoms with Crippen molar-refractivity contribution in [3.8, 4) is 12.1 Å². The molecule has 0 fully saturated rings. The van der Waals surface area contributed by atoms with Crippen molar-refractivity contribution in [3.05, 3.63) is 253 Å². The standard InChI is InChI=1S/2C26H24P2.C4ClN4.BrH.W/c2*1-5-13-23(14-6-1)27(24-15-7-2-8-16-24)21-22-28(25-17-9-3-10-18-25)26-19-11-4-12-20-26;5-4(9-8)3(1-6)2-7;;/h2*1-20H,21-22H2;;1H;/q;;-1;;+3/p+3. The number of nitrogens with zero attached hydrogens (tertiary/aromatic N) is 4. The first-order valence-corrected chi connectivity index (χ1v) is 36.8. The van der Waals surface area contributed by atoms with Gasteiger partial charge in [0.25, 0.3) is 0 Å². The van der Waals surface area contributed by atoms with Crippen LogP contribution in [0.1, 0.15) is 0 Å². The van der Waals surface area contributed by atoms with E-state index in [1.165, 1.54) is 67.1 Å². The first-order valence-electron chi connectivity index (χ1n) is 21.8. The van der Waals surface area contributed by atoms with Gasteiger partial charge in [-0.25, -0.2) is 0 Å². The third kappa shape index (κ3) is 16.7. The summed E-state index contributed by atoms with van der Waals surface area (Å²) in [7, 11) is -3.13. The Bertz CT molecular complexity index is 2330. The second kappa shape index (κ2) is 29.8. The van der Waals surface area contributed by atoms with E-state index in [4.69, 9.17) is 22.1 Å². The van der Waals surface area contributed by atoms with E-state index in [9.17, 15) is 0 Å². The van der Waals surface area contributed by atoms with Gasteiger partial charge in [0.05, 0.1) is 74.1 Å². The molecule has 0 radical (unpaired) electrons. The van der Waals surface area contributed by atoms with Crippen LogP contribution in [0.3, 0.4) is 0 Å². The summed E-state index contributed by atoms with van der Waals surface area (Å²) in [4.78, 5) is 0. The van der Waals surface area contributed by atoms with E-state index in [0.29, 0.717) is 0 Å². The van der Waals surface area contributed by atoms with Crippen molar-refractivity contribution >= 4 is 99.0 Å². The van der Waals surface area contributed by atoms with Gasteiger partial charge in [-0.05, 0) is 97.1 Å². The largest absolute Gasteiger partial charge is 0.101 e. The number of allylic oxidation sites excluding steroid dienone is 1. The van der Waals surface area contributed by atoms with Crippen molar-refractivity contribution in [1.29, 1.82) is 10.5 Å². The van der Waals surface area contributed by atoms with Crippen LogP contribution in [0, 0.1) is 22.7 Å². The molecule has 0 saturated heterocycles. The maximum absolute atomic E-state index is 8.28. The molecule has 0 bridgehead atoms. The summed E-state index contributed by atoms with van der Waals surface area (Å²) < 4.78 is 3.60. The van der Waals surface area contributed by atoms with Crippen LogP contribution in [0.5, 0.6) is 0 Å². The second-order valence-electron chi connectivity index (χ2n) is 15.0. The molecule has 4 nitrogen and oxygen atoms in total. The van der Waals surface area contributed by atoms with Crippen LogP contribution < -0.4 is 45.7 Å². The minimum Gasteiger partial charge on any atom is -0.0620 e. The Balaban J connectivity index is 0.000000182. The Morgan fingerprint density at radius 1 is 0.388 bits per heavy atom. The quantitative estimate of drug-likeness (QED) is 0.0337. The topological polar surface area (TPSA) is 74.0 Å². The van der Waals surface area contributed by atoms with Crippen molar-refractivity contribution < 1.29 is 16.3 Å². The molecule has 67 heavy (non-hydrogen) atoms. The molecule has 11 heteroatoms. The van der Waals surface area contributed by atoms with Crippen LogP contribution in [0.4, 0.5) is 0 Å². The van der Waals surface area contributed by atoms with E-state index in [0.717, 1.165) is 0 Å². The predicted octanol–water partition coefficient (Wildman–Crippen LogP) is 11.0. The zero-order valence-corrected chi connectivity index (χ0v) is 46.2. The summed E-state index contributed by atoms with van der Waals surface area (Å²) in [6, 6.07) is 92.2. The predicted molar refractivity (Wildman–Crippen MR) is 299 cm³/mol. The number of hydrogen-bond acceptors (Lipinski definition) is 3. The van der Waals surface area contributed by atoms with Crippen molar-refractivity contribution in [1.82, 2.24) is 3.29 Å². The fourth-order valence-corrected chi connectivity index (χ4v) is 21.3. The molecular formula is C56H52BrClN4P4W+5. The molecule has 0 unspecified atom stereocenters. The van der Waals surface area contributed by atoms with Gasteiger partial charge in [0.2, 0.25) is 0 Å². The molecule has 8 aromatic rings. The summed E-state index contributed by atoms with van der Waals surface area (Å²) in [6.45, 7) is 0. The maximum atomic E-state index is 8.28. The number of halogens is 2. The molecular weight excluding hydrogens is 1150 g/mol. The first-order chi connectivity index (χ1) is 33.1. The Kier molecular flexibility index (Phi) is 23.0. The summed E-state index contributed by atoms with van der Waals surface area (Å²) in [5.74, 6) is 0. The second-order valence-corrected chi connectivity index (χ2v) is 29.2. The molecule has 0 aliphatic carbocycles.